The Kier molecular flexibility index (Phi) is 3.73. The zero-order chi connectivity index (χ0) is 10.6. The molecule has 0 aliphatic rings. The molecule has 2 N–H and O–H groups in total. The van der Waals surface area contributed by atoms with Gasteiger partial charge in [0.2, 0.25) is 0 Å². The predicted octanol–water partition coefficient (Wildman–Crippen LogP) is 1.46. The van der Waals surface area contributed by atoms with Gasteiger partial charge in [0, 0.05) is 17.5 Å². The highest BCUT2D eigenvalue weighted by molar-refractivity contribution is 6.23. The van der Waals surface area contributed by atoms with Crippen LogP contribution in [-0.2, 0) is 9.53 Å². The Balaban J connectivity index is 2.81. The third kappa shape index (κ3) is 2.37. The first-order valence-corrected chi connectivity index (χ1v) is 4.29. The van der Waals surface area contributed by atoms with Crippen LogP contribution < -0.4 is 4.84 Å². The van der Waals surface area contributed by atoms with Crippen molar-refractivity contribution in [1.29, 1.82) is 0 Å². The molecule has 0 aliphatic carbocycles. The molecule has 0 amide bonds. The summed E-state index contributed by atoms with van der Waals surface area (Å²) in [4.78, 5) is 13.4. The summed E-state index contributed by atoms with van der Waals surface area (Å²) < 4.78 is 4.39. The van der Waals surface area contributed by atoms with E-state index < -0.39 is 12.1 Å². The van der Waals surface area contributed by atoms with E-state index in [1.165, 1.54) is 7.11 Å². The highest BCUT2D eigenvalue weighted by Gasteiger charge is 2.17. The predicted molar refractivity (Wildman–Crippen MR) is 52.9 cm³/mol. The van der Waals surface area contributed by atoms with Gasteiger partial charge >= 0.3 is 5.97 Å². The van der Waals surface area contributed by atoms with Crippen LogP contribution in [0.4, 0.5) is 5.69 Å². The SMILES string of the molecule is COC(=O)C(O)c1ccc(NCl)cc1. The molecular formula is C9H10ClNO3. The van der Waals surface area contributed by atoms with Crippen LogP contribution in [0.15, 0.2) is 24.3 Å². The Morgan fingerprint density at radius 1 is 1.50 bits per heavy atom. The molecule has 0 saturated carbocycles. The van der Waals surface area contributed by atoms with Gasteiger partial charge in [0.05, 0.1) is 7.11 Å². The molecule has 1 aromatic carbocycles. The minimum absolute atomic E-state index is 0.465. The van der Waals surface area contributed by atoms with Crippen LogP contribution >= 0.6 is 11.8 Å². The maximum Gasteiger partial charge on any atom is 0.339 e. The number of hydrogen-bond acceptors (Lipinski definition) is 4. The van der Waals surface area contributed by atoms with Gasteiger partial charge in [0.1, 0.15) is 0 Å². The Bertz CT molecular complexity index is 312. The fraction of sp³-hybridized carbons (Fsp3) is 0.222. The van der Waals surface area contributed by atoms with E-state index in [4.69, 9.17) is 11.8 Å². The third-order valence-corrected chi connectivity index (χ3v) is 1.98. The Morgan fingerprint density at radius 2 is 2.07 bits per heavy atom. The van der Waals surface area contributed by atoms with E-state index in [0.717, 1.165) is 0 Å². The number of hydrogen-bond donors (Lipinski definition) is 2. The van der Waals surface area contributed by atoms with E-state index in [9.17, 15) is 9.90 Å². The number of benzene rings is 1. The van der Waals surface area contributed by atoms with Crippen LogP contribution in [0.3, 0.4) is 0 Å². The number of anilines is 1. The number of nitrogens with one attached hydrogen (secondary N) is 1. The van der Waals surface area contributed by atoms with Crippen LogP contribution in [0, 0.1) is 0 Å². The van der Waals surface area contributed by atoms with E-state index >= 15 is 0 Å². The molecule has 0 spiro atoms. The zero-order valence-electron chi connectivity index (χ0n) is 7.53. The number of rotatable bonds is 3. The van der Waals surface area contributed by atoms with Gasteiger partial charge in [-0.15, -0.1) is 0 Å². The summed E-state index contributed by atoms with van der Waals surface area (Å²) in [5.74, 6) is -0.684. The summed E-state index contributed by atoms with van der Waals surface area (Å²) in [6.45, 7) is 0. The van der Waals surface area contributed by atoms with Crippen LogP contribution in [0.1, 0.15) is 11.7 Å². The van der Waals surface area contributed by atoms with Gasteiger partial charge in [-0.1, -0.05) is 12.1 Å². The summed E-state index contributed by atoms with van der Waals surface area (Å²) >= 11 is 5.34. The molecule has 0 radical (unpaired) electrons. The van der Waals surface area contributed by atoms with Crippen LogP contribution in [-0.4, -0.2) is 18.2 Å². The van der Waals surface area contributed by atoms with Gasteiger partial charge in [0.15, 0.2) is 6.10 Å². The van der Waals surface area contributed by atoms with Crippen LogP contribution in [0.2, 0.25) is 0 Å². The molecule has 0 bridgehead atoms. The monoisotopic (exact) mass is 215 g/mol. The molecule has 1 aromatic rings. The molecule has 0 saturated heterocycles. The average Bonchev–Trinajstić information content (AvgIpc) is 2.27. The number of esters is 1. The van der Waals surface area contributed by atoms with E-state index in [0.29, 0.717) is 11.3 Å². The Labute approximate surface area is 86.6 Å². The number of ether oxygens (including phenoxy) is 1. The van der Waals surface area contributed by atoms with Crippen LogP contribution in [0.25, 0.3) is 0 Å². The number of methoxy groups -OCH3 is 1. The lowest BCUT2D eigenvalue weighted by Crippen LogP contribution is -2.13. The Hall–Kier alpha value is -1.26. The van der Waals surface area contributed by atoms with Gasteiger partial charge in [-0.2, -0.15) is 0 Å². The van der Waals surface area contributed by atoms with E-state index in [1.54, 1.807) is 24.3 Å². The number of aliphatic hydroxyl groups is 1. The molecule has 14 heavy (non-hydrogen) atoms. The summed E-state index contributed by atoms with van der Waals surface area (Å²) in [7, 11) is 1.22. The van der Waals surface area contributed by atoms with Crippen LogP contribution in [0.5, 0.6) is 0 Å². The molecule has 0 fully saturated rings. The largest absolute Gasteiger partial charge is 0.467 e. The topological polar surface area (TPSA) is 58.6 Å². The molecule has 76 valence electrons. The fourth-order valence-electron chi connectivity index (χ4n) is 0.976. The second kappa shape index (κ2) is 4.83. The van der Waals surface area contributed by atoms with Crippen molar-refractivity contribution in [2.75, 3.05) is 11.9 Å². The fourth-order valence-corrected chi connectivity index (χ4v) is 1.10. The average molecular weight is 216 g/mol. The smallest absolute Gasteiger partial charge is 0.339 e. The molecule has 1 rings (SSSR count). The maximum absolute atomic E-state index is 11.0. The van der Waals surface area contributed by atoms with E-state index in [1.807, 2.05) is 0 Å². The summed E-state index contributed by atoms with van der Waals surface area (Å²) in [5.41, 5.74) is 1.15. The molecular weight excluding hydrogens is 206 g/mol. The van der Waals surface area contributed by atoms with Crippen molar-refractivity contribution in [3.63, 3.8) is 0 Å². The molecule has 5 heteroatoms. The lowest BCUT2D eigenvalue weighted by Gasteiger charge is -2.08. The van der Waals surface area contributed by atoms with Gasteiger partial charge in [-0.3, -0.25) is 4.84 Å². The Morgan fingerprint density at radius 3 is 2.50 bits per heavy atom. The third-order valence-electron chi connectivity index (χ3n) is 1.76. The van der Waals surface area contributed by atoms with E-state index in [2.05, 4.69) is 9.57 Å². The minimum atomic E-state index is -1.25. The molecule has 0 aromatic heterocycles. The van der Waals surface area contributed by atoms with Gasteiger partial charge in [0.25, 0.3) is 0 Å². The molecule has 0 heterocycles. The summed E-state index contributed by atoms with van der Waals surface area (Å²) in [5, 5.41) is 9.42. The van der Waals surface area contributed by atoms with Crippen molar-refractivity contribution in [2.45, 2.75) is 6.10 Å². The maximum atomic E-state index is 11.0. The first-order chi connectivity index (χ1) is 6.69. The number of carbonyl (C=O) groups is 1. The van der Waals surface area contributed by atoms with Crippen molar-refractivity contribution in [2.24, 2.45) is 0 Å². The first kappa shape index (κ1) is 10.8. The van der Waals surface area contributed by atoms with Crippen molar-refractivity contribution < 1.29 is 14.6 Å². The molecule has 0 aliphatic heterocycles. The molecule has 1 unspecified atom stereocenters. The second-order valence-electron chi connectivity index (χ2n) is 2.64. The highest BCUT2D eigenvalue weighted by atomic mass is 35.5. The van der Waals surface area contributed by atoms with Gasteiger partial charge in [-0.25, -0.2) is 4.79 Å². The first-order valence-electron chi connectivity index (χ1n) is 3.91. The second-order valence-corrected chi connectivity index (χ2v) is 2.83. The normalized spacial score (nSPS) is 11.9. The number of halogens is 1. The van der Waals surface area contributed by atoms with Gasteiger partial charge < -0.3 is 9.84 Å². The highest BCUT2D eigenvalue weighted by Crippen LogP contribution is 2.17. The summed E-state index contributed by atoms with van der Waals surface area (Å²) in [6, 6.07) is 6.47. The van der Waals surface area contributed by atoms with Crippen molar-refractivity contribution in [3.8, 4) is 0 Å². The van der Waals surface area contributed by atoms with Gasteiger partial charge in [-0.05, 0) is 17.7 Å². The quantitative estimate of drug-likeness (QED) is 0.592. The van der Waals surface area contributed by atoms with Crippen molar-refractivity contribution in [3.05, 3.63) is 29.8 Å². The molecule has 4 nitrogen and oxygen atoms in total. The zero-order valence-corrected chi connectivity index (χ0v) is 8.28. The van der Waals surface area contributed by atoms with E-state index in [-0.39, 0.29) is 0 Å². The molecule has 1 atom stereocenters. The lowest BCUT2D eigenvalue weighted by molar-refractivity contribution is -0.150. The lowest BCUT2D eigenvalue weighted by atomic mass is 10.1. The van der Waals surface area contributed by atoms with Crippen molar-refractivity contribution in [1.82, 2.24) is 0 Å². The van der Waals surface area contributed by atoms with Crippen molar-refractivity contribution >= 4 is 23.4 Å². The number of carbonyl (C=O) groups excluding carboxylic acids is 1. The number of aliphatic hydroxyl groups excluding tert-OH is 1. The standard InChI is InChI=1S/C9H10ClNO3/c1-14-9(13)8(12)6-2-4-7(11-10)5-3-6/h2-5,8,11-12H,1H3. The minimum Gasteiger partial charge on any atom is -0.467 e. The summed E-state index contributed by atoms with van der Waals surface area (Å²) in [6.07, 6.45) is -1.25.